The summed E-state index contributed by atoms with van der Waals surface area (Å²) in [6.07, 6.45) is 2.13. The molecule has 1 amide bonds. The van der Waals surface area contributed by atoms with E-state index in [1.807, 2.05) is 0 Å². The van der Waals surface area contributed by atoms with E-state index in [1.54, 1.807) is 6.92 Å². The van der Waals surface area contributed by atoms with Gasteiger partial charge in [-0.05, 0) is 25.3 Å². The first-order chi connectivity index (χ1) is 12.0. The Labute approximate surface area is 147 Å². The van der Waals surface area contributed by atoms with Gasteiger partial charge in [-0.3, -0.25) is 14.9 Å². The van der Waals surface area contributed by atoms with E-state index >= 15 is 0 Å². The van der Waals surface area contributed by atoms with Crippen molar-refractivity contribution in [2.24, 2.45) is 0 Å². The number of hydrogen-bond acceptors (Lipinski definition) is 8. The van der Waals surface area contributed by atoms with Crippen molar-refractivity contribution in [1.29, 1.82) is 0 Å². The molecule has 1 aromatic heterocycles. The van der Waals surface area contributed by atoms with Crippen LogP contribution >= 0.6 is 11.8 Å². The fourth-order valence-corrected chi connectivity index (χ4v) is 2.77. The van der Waals surface area contributed by atoms with Crippen molar-refractivity contribution in [3.63, 3.8) is 0 Å². The molecule has 2 aromatic rings. The summed E-state index contributed by atoms with van der Waals surface area (Å²) in [6.45, 7) is 1.68. The molecule has 1 saturated carbocycles. The van der Waals surface area contributed by atoms with Gasteiger partial charge in [0, 0.05) is 23.7 Å². The van der Waals surface area contributed by atoms with Gasteiger partial charge in [-0.1, -0.05) is 11.8 Å². The van der Waals surface area contributed by atoms with Crippen molar-refractivity contribution in [1.82, 2.24) is 10.2 Å². The Hall–Kier alpha value is -2.62. The lowest BCUT2D eigenvalue weighted by Crippen LogP contribution is -2.15. The summed E-state index contributed by atoms with van der Waals surface area (Å²) in [6, 6.07) is 2.80. The standard InChI is InChI=1S/C15H16N4O5S/c1-8-5-11(19(21)22)12(23-2)6-10(8)16-13(20)7-25-15-18-17-14(24-15)9-3-4-9/h5-6,9H,3-4,7H2,1-2H3,(H,16,20). The second-order valence-electron chi connectivity index (χ2n) is 5.61. The number of amides is 1. The smallest absolute Gasteiger partial charge is 0.311 e. The van der Waals surface area contributed by atoms with Crippen LogP contribution in [0.3, 0.4) is 0 Å². The first-order valence-corrected chi connectivity index (χ1v) is 8.55. The average molecular weight is 364 g/mol. The summed E-state index contributed by atoms with van der Waals surface area (Å²) in [5.41, 5.74) is 0.878. The third-order valence-electron chi connectivity index (χ3n) is 3.67. The molecule has 1 aliphatic rings. The molecule has 3 rings (SSSR count). The Bertz CT molecular complexity index is 818. The number of nitrogens with zero attached hydrogens (tertiary/aromatic N) is 3. The number of benzene rings is 1. The number of anilines is 1. The van der Waals surface area contributed by atoms with Gasteiger partial charge in [-0.2, -0.15) is 0 Å². The SMILES string of the molecule is COc1cc(NC(=O)CSc2nnc(C3CC3)o2)c(C)cc1[N+](=O)[O-]. The number of rotatable bonds is 7. The zero-order valence-electron chi connectivity index (χ0n) is 13.6. The molecule has 1 aliphatic carbocycles. The van der Waals surface area contributed by atoms with E-state index in [-0.39, 0.29) is 23.1 Å². The van der Waals surface area contributed by atoms with Crippen LogP contribution in [-0.4, -0.2) is 33.9 Å². The molecule has 1 N–H and O–H groups in total. The third kappa shape index (κ3) is 4.08. The zero-order valence-corrected chi connectivity index (χ0v) is 14.5. The number of aryl methyl sites for hydroxylation is 1. The van der Waals surface area contributed by atoms with Crippen LogP contribution in [0.25, 0.3) is 0 Å². The van der Waals surface area contributed by atoms with Crippen LogP contribution in [0.15, 0.2) is 21.8 Å². The summed E-state index contributed by atoms with van der Waals surface area (Å²) in [5.74, 6) is 0.884. The number of aromatic nitrogens is 2. The normalized spacial score (nSPS) is 13.5. The number of carbonyl (C=O) groups excluding carboxylic acids is 1. The third-order valence-corrected chi connectivity index (χ3v) is 4.49. The van der Waals surface area contributed by atoms with Gasteiger partial charge >= 0.3 is 5.69 Å². The molecular formula is C15H16N4O5S. The molecule has 0 spiro atoms. The van der Waals surface area contributed by atoms with Crippen molar-refractivity contribution in [3.05, 3.63) is 33.7 Å². The van der Waals surface area contributed by atoms with Crippen LogP contribution in [0.4, 0.5) is 11.4 Å². The highest BCUT2D eigenvalue weighted by molar-refractivity contribution is 7.99. The molecule has 1 aromatic carbocycles. The highest BCUT2D eigenvalue weighted by Crippen LogP contribution is 2.39. The van der Waals surface area contributed by atoms with Crippen molar-refractivity contribution in [2.45, 2.75) is 30.9 Å². The maximum atomic E-state index is 12.1. The number of nitro groups is 1. The Kier molecular flexibility index (Phi) is 4.88. The lowest BCUT2D eigenvalue weighted by Gasteiger charge is -2.10. The molecule has 9 nitrogen and oxygen atoms in total. The Morgan fingerprint density at radius 1 is 1.48 bits per heavy atom. The molecule has 25 heavy (non-hydrogen) atoms. The molecule has 132 valence electrons. The topological polar surface area (TPSA) is 120 Å². The number of thioether (sulfide) groups is 1. The lowest BCUT2D eigenvalue weighted by atomic mass is 10.1. The lowest BCUT2D eigenvalue weighted by molar-refractivity contribution is -0.385. The van der Waals surface area contributed by atoms with E-state index < -0.39 is 4.92 Å². The second-order valence-corrected chi connectivity index (χ2v) is 6.54. The summed E-state index contributed by atoms with van der Waals surface area (Å²) in [7, 11) is 1.34. The Morgan fingerprint density at radius 3 is 2.88 bits per heavy atom. The minimum absolute atomic E-state index is 0.0875. The average Bonchev–Trinajstić information content (AvgIpc) is 3.33. The largest absolute Gasteiger partial charge is 0.490 e. The van der Waals surface area contributed by atoms with E-state index in [4.69, 9.17) is 9.15 Å². The van der Waals surface area contributed by atoms with Crippen LogP contribution in [-0.2, 0) is 4.79 Å². The minimum atomic E-state index is -0.527. The van der Waals surface area contributed by atoms with Crippen molar-refractivity contribution >= 4 is 29.0 Å². The summed E-state index contributed by atoms with van der Waals surface area (Å²) in [5, 5.41) is 21.9. The van der Waals surface area contributed by atoms with E-state index in [0.717, 1.165) is 24.6 Å². The molecule has 0 atom stereocenters. The number of carbonyl (C=O) groups is 1. The van der Waals surface area contributed by atoms with E-state index in [0.29, 0.717) is 28.3 Å². The van der Waals surface area contributed by atoms with E-state index in [9.17, 15) is 14.9 Å². The van der Waals surface area contributed by atoms with Crippen LogP contribution in [0.5, 0.6) is 5.75 Å². The Balaban J connectivity index is 1.62. The summed E-state index contributed by atoms with van der Waals surface area (Å²) in [4.78, 5) is 22.6. The van der Waals surface area contributed by atoms with Crippen LogP contribution in [0.1, 0.15) is 30.2 Å². The fraction of sp³-hybridized carbons (Fsp3) is 0.400. The molecule has 10 heteroatoms. The number of ether oxygens (including phenoxy) is 1. The van der Waals surface area contributed by atoms with Gasteiger partial charge in [0.15, 0.2) is 5.75 Å². The quantitative estimate of drug-likeness (QED) is 0.452. The molecule has 0 aliphatic heterocycles. The summed E-state index contributed by atoms with van der Waals surface area (Å²) < 4.78 is 10.5. The van der Waals surface area contributed by atoms with Crippen molar-refractivity contribution in [2.75, 3.05) is 18.2 Å². The number of methoxy groups -OCH3 is 1. The van der Waals surface area contributed by atoms with Gasteiger partial charge in [0.2, 0.25) is 11.8 Å². The van der Waals surface area contributed by atoms with Crippen LogP contribution in [0.2, 0.25) is 0 Å². The van der Waals surface area contributed by atoms with E-state index in [2.05, 4.69) is 15.5 Å². The molecule has 0 bridgehead atoms. The van der Waals surface area contributed by atoms with Crippen LogP contribution in [0, 0.1) is 17.0 Å². The number of hydrogen-bond donors (Lipinski definition) is 1. The first kappa shape index (κ1) is 17.2. The van der Waals surface area contributed by atoms with Gasteiger partial charge in [0.1, 0.15) is 0 Å². The maximum Gasteiger partial charge on any atom is 0.311 e. The van der Waals surface area contributed by atoms with Crippen molar-refractivity contribution < 1.29 is 18.9 Å². The Morgan fingerprint density at radius 2 is 2.24 bits per heavy atom. The predicted octanol–water partition coefficient (Wildman–Crippen LogP) is 2.90. The molecule has 0 radical (unpaired) electrons. The highest BCUT2D eigenvalue weighted by atomic mass is 32.2. The van der Waals surface area contributed by atoms with Gasteiger partial charge in [0.05, 0.1) is 17.8 Å². The van der Waals surface area contributed by atoms with Gasteiger partial charge < -0.3 is 14.5 Å². The fourth-order valence-electron chi connectivity index (χ4n) is 2.20. The second kappa shape index (κ2) is 7.09. The molecule has 1 fully saturated rings. The molecule has 1 heterocycles. The monoisotopic (exact) mass is 364 g/mol. The van der Waals surface area contributed by atoms with Crippen molar-refractivity contribution in [3.8, 4) is 5.75 Å². The molecular weight excluding hydrogens is 348 g/mol. The summed E-state index contributed by atoms with van der Waals surface area (Å²) >= 11 is 1.15. The van der Waals surface area contributed by atoms with Gasteiger partial charge in [-0.25, -0.2) is 0 Å². The first-order valence-electron chi connectivity index (χ1n) is 7.57. The van der Waals surface area contributed by atoms with Gasteiger partial charge in [-0.15, -0.1) is 10.2 Å². The van der Waals surface area contributed by atoms with Gasteiger partial charge in [0.25, 0.3) is 5.22 Å². The number of nitro benzene ring substituents is 1. The molecule has 0 unspecified atom stereocenters. The number of nitrogens with one attached hydrogen (secondary N) is 1. The van der Waals surface area contributed by atoms with E-state index in [1.165, 1.54) is 19.2 Å². The minimum Gasteiger partial charge on any atom is -0.490 e. The van der Waals surface area contributed by atoms with Crippen LogP contribution < -0.4 is 10.1 Å². The maximum absolute atomic E-state index is 12.1. The highest BCUT2D eigenvalue weighted by Gasteiger charge is 2.29. The zero-order chi connectivity index (χ0) is 18.0. The predicted molar refractivity (Wildman–Crippen MR) is 90.0 cm³/mol. The molecule has 0 saturated heterocycles.